The van der Waals surface area contributed by atoms with Crippen LogP contribution < -0.4 is 0 Å². The summed E-state index contributed by atoms with van der Waals surface area (Å²) in [5, 5.41) is 0. The Labute approximate surface area is 643 Å². The fraction of sp³-hybridized carbons (Fsp3) is 1.00. The molecule has 0 fully saturated rings. The molecule has 0 aromatic heterocycles. The Bertz CT molecular complexity index is 43.4. The molecule has 0 aromatic carbocycles. The minimum absolute atomic E-state index is 0. The van der Waals surface area contributed by atoms with Gasteiger partial charge in [0.15, 0.2) is 0 Å². The van der Waals surface area contributed by atoms with E-state index in [1.807, 2.05) is 6.66 Å². The average Bonchev–Trinajstić information content (AvgIpc) is 1.39. The highest BCUT2D eigenvalue weighted by atomic mass is 32.4. The van der Waals surface area contributed by atoms with Gasteiger partial charge in [-0.3, -0.25) is 0 Å². The summed E-state index contributed by atoms with van der Waals surface area (Å²) in [6, 6.07) is 0. The van der Waals surface area contributed by atoms with Gasteiger partial charge in [0.1, 0.15) is 0 Å². The van der Waals surface area contributed by atoms with Crippen LogP contribution in [0.25, 0.3) is 0 Å². The Morgan fingerprint density at radius 3 is 0.138 bits per heavy atom. The van der Waals surface area contributed by atoms with Gasteiger partial charge in [-0.25, -0.2) is 4.20 Å². The van der Waals surface area contributed by atoms with Crippen LogP contribution >= 0.6 is 16.2 Å². The largest absolute Gasteiger partial charge is 0.231 e. The molecule has 0 heterocycles. The van der Waals surface area contributed by atoms with Crippen molar-refractivity contribution in [3.63, 3.8) is 0 Å². The summed E-state index contributed by atoms with van der Waals surface area (Å²) >= 11 is 4.37. The van der Waals surface area contributed by atoms with Crippen molar-refractivity contribution in [2.75, 3.05) is 13.3 Å². The zero-order valence-corrected chi connectivity index (χ0v) is 6.44. The van der Waals surface area contributed by atoms with Gasteiger partial charge in [-0.15, -0.1) is 0 Å². The normalized spacial score (nSPS) is 0.586. The monoisotopic (exact) mass is 1440 g/mol. The van der Waals surface area contributed by atoms with Crippen molar-refractivity contribution in [2.24, 2.45) is 0 Å². The minimum atomic E-state index is -0.417. The highest BCUT2D eigenvalue weighted by Crippen LogP contribution is 1.97. The smallest absolute Gasteiger partial charge is 0.0639 e. The molecule has 686 valence electrons. The van der Waals surface area contributed by atoms with E-state index in [-0.39, 0.29) is 602 Å². The highest BCUT2D eigenvalue weighted by Gasteiger charge is 1.39. The quantitative estimate of drug-likeness (QED) is 0.218. The molecular weight excluding hydrogens is 1110 g/mol. The minimum Gasteiger partial charge on any atom is -0.231 e. The summed E-state index contributed by atoms with van der Waals surface area (Å²) in [5.74, 6) is 0. The SMILES string of the molecule is C.C.C.C.C.C.C.C.C.C.C.C.C.C.C.C.C.C.C.C.C.C.C.C.C.C.C.C.C.C.C.C.C.C.C.C.C.C.C.C.C.C.C.C.C.C.C.C.C.C.C.C.C.C.C.C.C.C.C.C.C.C.C.C.C.C.C.C.C.C.C.C.C.C.C.C.C.C.C.C.C.CP=S.CPF. The predicted molar refractivity (Wildman–Crippen MR) is 581 cm³/mol. The third-order valence-corrected chi connectivity index (χ3v) is 0. The molecule has 0 bridgehead atoms. The third kappa shape index (κ3) is 808000. The lowest BCUT2D eigenvalue weighted by Crippen LogP contribution is -1.03. The molecule has 0 saturated heterocycles. The number of rotatable bonds is 0. The van der Waals surface area contributed by atoms with Crippen molar-refractivity contribution >= 4 is 28.1 Å². The molecule has 0 spiro atoms. The summed E-state index contributed by atoms with van der Waals surface area (Å²) in [7, 11) is 0.583. The lowest BCUT2D eigenvalue weighted by molar-refractivity contribution is 0.925. The zero-order valence-electron chi connectivity index (χ0n) is 3.73. The van der Waals surface area contributed by atoms with Crippen molar-refractivity contribution < 1.29 is 4.20 Å². The second-order valence-electron chi connectivity index (χ2n) is 0.372. The maximum atomic E-state index is 10.3. The van der Waals surface area contributed by atoms with Gasteiger partial charge in [-0.05, 0) is 20.7 Å². The molecule has 0 aliphatic carbocycles. The van der Waals surface area contributed by atoms with Crippen LogP contribution in [0.4, 0.5) is 4.20 Å². The van der Waals surface area contributed by atoms with Gasteiger partial charge in [-0.2, -0.15) is 0 Å². The van der Waals surface area contributed by atoms with Crippen molar-refractivity contribution in [1.29, 1.82) is 0 Å². The van der Waals surface area contributed by atoms with Crippen LogP contribution in [0.15, 0.2) is 0 Å². The van der Waals surface area contributed by atoms with E-state index in [9.17, 15) is 4.20 Å². The fourth-order valence-electron chi connectivity index (χ4n) is 0. The predicted octanol–water partition coefficient (Wildman–Crippen LogP) is 53.7. The highest BCUT2D eigenvalue weighted by molar-refractivity contribution is 7.96. The summed E-state index contributed by atoms with van der Waals surface area (Å²) in [6.45, 7) is 3.40. The molecule has 0 aliphatic rings. The van der Waals surface area contributed by atoms with E-state index in [4.69, 9.17) is 0 Å². The van der Waals surface area contributed by atoms with E-state index in [1.54, 1.807) is 0 Å². The van der Waals surface area contributed by atoms with Crippen molar-refractivity contribution in [2.45, 2.75) is 602 Å². The van der Waals surface area contributed by atoms with Gasteiger partial charge < -0.3 is 0 Å². The fourth-order valence-corrected chi connectivity index (χ4v) is 0. The van der Waals surface area contributed by atoms with E-state index in [0.717, 1.165) is 7.36 Å². The molecule has 0 radical (unpaired) electrons. The molecule has 0 N–H and O–H groups in total. The molecular formula is C83H331FP2S. The molecule has 0 aromatic rings. The molecule has 1 atom stereocenters. The van der Waals surface area contributed by atoms with Crippen LogP contribution in [-0.2, 0) is 11.8 Å². The number of halogens is 1. The Kier molecular flexibility index (Phi) is 24700000. The second kappa shape index (κ2) is 77300. The van der Waals surface area contributed by atoms with Crippen LogP contribution in [0.1, 0.15) is 602 Å². The molecule has 4 heteroatoms. The van der Waals surface area contributed by atoms with Gasteiger partial charge in [0.05, 0.1) is 8.89 Å². The van der Waals surface area contributed by atoms with Gasteiger partial charge in [0, 0.05) is 0 Å². The summed E-state index contributed by atoms with van der Waals surface area (Å²) in [4.78, 5) is 0. The average molecular weight is 1440 g/mol. The van der Waals surface area contributed by atoms with Crippen molar-refractivity contribution in [3.8, 4) is 0 Å². The maximum Gasteiger partial charge on any atom is 0.0639 e. The van der Waals surface area contributed by atoms with Crippen LogP contribution in [0.3, 0.4) is 0 Å². The van der Waals surface area contributed by atoms with Crippen LogP contribution in [0.2, 0.25) is 0 Å². The molecule has 0 aliphatic heterocycles. The van der Waals surface area contributed by atoms with Crippen LogP contribution in [-0.4, -0.2) is 13.3 Å². The van der Waals surface area contributed by atoms with E-state index in [2.05, 4.69) is 11.8 Å². The van der Waals surface area contributed by atoms with Gasteiger partial charge >= 0.3 is 0 Å². The molecule has 0 saturated carbocycles. The van der Waals surface area contributed by atoms with Crippen molar-refractivity contribution in [1.82, 2.24) is 0 Å². The Morgan fingerprint density at radius 2 is 0.138 bits per heavy atom. The molecule has 0 nitrogen and oxygen atoms in total. The lowest BCUT2D eigenvalue weighted by atomic mass is 12.0. The van der Waals surface area contributed by atoms with Crippen LogP contribution in [0.5, 0.6) is 0 Å². The summed E-state index contributed by atoms with van der Waals surface area (Å²) < 4.78 is 10.3. The first-order valence-electron chi connectivity index (χ1n) is 1.32. The van der Waals surface area contributed by atoms with E-state index in [1.165, 1.54) is 6.66 Å². The number of hydrogen-bond donors (Lipinski definition) is 0. The molecule has 87 heavy (non-hydrogen) atoms. The van der Waals surface area contributed by atoms with E-state index >= 15 is 0 Å². The Balaban J connectivity index is -0.0000000000235. The molecule has 0 amide bonds. The van der Waals surface area contributed by atoms with Gasteiger partial charge in [0.2, 0.25) is 0 Å². The lowest BCUT2D eigenvalue weighted by Gasteiger charge is -1.45. The molecule has 0 rings (SSSR count). The summed E-state index contributed by atoms with van der Waals surface area (Å²) in [6.07, 6.45) is 0. The first-order valence-corrected chi connectivity index (χ1v) is 5.05. The van der Waals surface area contributed by atoms with E-state index < -0.39 is 8.89 Å². The summed E-state index contributed by atoms with van der Waals surface area (Å²) in [5.41, 5.74) is 0. The van der Waals surface area contributed by atoms with Gasteiger partial charge in [-0.1, -0.05) is 613 Å². The topological polar surface area (TPSA) is 0 Å². The second-order valence-corrected chi connectivity index (χ2v) is 2.21. The third-order valence-electron chi connectivity index (χ3n) is 0. The first kappa shape index (κ1) is 27900. The molecule has 1 unspecified atom stereocenters. The number of hydrogen-bond acceptors (Lipinski definition) is 1. The van der Waals surface area contributed by atoms with Crippen LogP contribution in [0, 0.1) is 0 Å². The zero-order chi connectivity index (χ0) is 5.41. The Morgan fingerprint density at radius 1 is 0.138 bits per heavy atom. The maximum absolute atomic E-state index is 10.3. The Hall–Kier alpha value is 0.880. The standard InChI is InChI=1S/CH4FP.CH3PS.81CH4/c1-3-2;1-2-3;;;;;;;;;;;;;;;;;;;;;;;;;;;;;;;;;;;;;;;;;;;;;;;;;;;;;;;;;;;;;;;;;;;;;;;;;;;;;;;;;/h3H,1H3;1H3;81*1H4. The first-order chi connectivity index (χ1) is 2.83. The van der Waals surface area contributed by atoms with Crippen molar-refractivity contribution in [3.05, 3.63) is 0 Å². The van der Waals surface area contributed by atoms with E-state index in [0.29, 0.717) is 0 Å². The van der Waals surface area contributed by atoms with Gasteiger partial charge in [0.25, 0.3) is 0 Å².